The van der Waals surface area contributed by atoms with Gasteiger partial charge in [-0.2, -0.15) is 13.2 Å². The van der Waals surface area contributed by atoms with Gasteiger partial charge in [0.05, 0.1) is 0 Å². The van der Waals surface area contributed by atoms with Gasteiger partial charge in [-0.25, -0.2) is 13.1 Å². The monoisotopic (exact) mass is 399 g/mol. The molecule has 1 aliphatic rings. The van der Waals surface area contributed by atoms with Crippen LogP contribution in [0.3, 0.4) is 0 Å². The predicted molar refractivity (Wildman–Crippen MR) is 92.5 cm³/mol. The number of hydrogen-bond donors (Lipinski definition) is 2. The van der Waals surface area contributed by atoms with E-state index in [1.807, 2.05) is 20.8 Å². The maximum Gasteiger partial charge on any atom is 0.405 e. The summed E-state index contributed by atoms with van der Waals surface area (Å²) in [5.74, 6) is 0. The molecule has 5 nitrogen and oxygen atoms in total. The SMILES string of the molecule is CC(C)(C)c1ccc(S(=O)(=O)NCC(N2CCNCC2)C(F)(F)F)s1. The van der Waals surface area contributed by atoms with Crippen molar-refractivity contribution in [1.29, 1.82) is 0 Å². The van der Waals surface area contributed by atoms with Gasteiger partial charge in [0.1, 0.15) is 10.3 Å². The molecule has 1 fully saturated rings. The third-order valence-electron chi connectivity index (χ3n) is 4.02. The zero-order valence-corrected chi connectivity index (χ0v) is 16.1. The van der Waals surface area contributed by atoms with Gasteiger partial charge in [-0.3, -0.25) is 4.90 Å². The molecule has 0 bridgehead atoms. The lowest BCUT2D eigenvalue weighted by molar-refractivity contribution is -0.182. The van der Waals surface area contributed by atoms with Gasteiger partial charge < -0.3 is 5.32 Å². The van der Waals surface area contributed by atoms with Crippen molar-refractivity contribution in [1.82, 2.24) is 14.9 Å². The van der Waals surface area contributed by atoms with Crippen LogP contribution in [0.15, 0.2) is 16.3 Å². The van der Waals surface area contributed by atoms with E-state index in [4.69, 9.17) is 0 Å². The van der Waals surface area contributed by atoms with Crippen molar-refractivity contribution >= 4 is 21.4 Å². The summed E-state index contributed by atoms with van der Waals surface area (Å²) < 4.78 is 67.0. The van der Waals surface area contributed by atoms with Crippen LogP contribution in [0.1, 0.15) is 25.6 Å². The topological polar surface area (TPSA) is 61.4 Å². The van der Waals surface area contributed by atoms with Crippen LogP contribution in [-0.2, 0) is 15.4 Å². The molecule has 1 aromatic heterocycles. The first kappa shape index (κ1) is 20.6. The number of rotatable bonds is 5. The summed E-state index contributed by atoms with van der Waals surface area (Å²) >= 11 is 1.09. The Balaban J connectivity index is 2.11. The van der Waals surface area contributed by atoms with E-state index in [0.717, 1.165) is 16.2 Å². The first-order valence-corrected chi connectivity index (χ1v) is 10.3. The second-order valence-corrected chi connectivity index (χ2v) is 10.1. The van der Waals surface area contributed by atoms with Crippen molar-refractivity contribution in [3.8, 4) is 0 Å². The Labute approximate surface area is 150 Å². The fourth-order valence-electron chi connectivity index (χ4n) is 2.57. The van der Waals surface area contributed by atoms with Crippen molar-refractivity contribution < 1.29 is 21.6 Å². The van der Waals surface area contributed by atoms with Crippen molar-refractivity contribution in [2.75, 3.05) is 32.7 Å². The van der Waals surface area contributed by atoms with Crippen LogP contribution in [0.25, 0.3) is 0 Å². The smallest absolute Gasteiger partial charge is 0.314 e. The first-order valence-electron chi connectivity index (χ1n) is 8.03. The number of thiophene rings is 1. The van der Waals surface area contributed by atoms with Gasteiger partial charge in [0.15, 0.2) is 0 Å². The molecule has 0 radical (unpaired) electrons. The molecule has 2 rings (SSSR count). The van der Waals surface area contributed by atoms with Gasteiger partial charge in [0, 0.05) is 37.6 Å². The Kier molecular flexibility index (Phi) is 6.20. The van der Waals surface area contributed by atoms with E-state index in [1.165, 1.54) is 11.0 Å². The molecule has 0 spiro atoms. The molecule has 0 aromatic carbocycles. The Morgan fingerprint density at radius 1 is 1.24 bits per heavy atom. The van der Waals surface area contributed by atoms with Crippen molar-refractivity contribution in [2.24, 2.45) is 0 Å². The molecule has 1 aliphatic heterocycles. The van der Waals surface area contributed by atoms with Crippen LogP contribution in [0, 0.1) is 0 Å². The summed E-state index contributed by atoms with van der Waals surface area (Å²) in [6, 6.07) is 1.32. The minimum absolute atomic E-state index is 0.0404. The third-order valence-corrected chi connectivity index (χ3v) is 7.45. The van der Waals surface area contributed by atoms with Gasteiger partial charge in [-0.15, -0.1) is 11.3 Å². The zero-order valence-electron chi connectivity index (χ0n) is 14.5. The second-order valence-electron chi connectivity index (χ2n) is 7.06. The van der Waals surface area contributed by atoms with Crippen LogP contribution in [0.4, 0.5) is 13.2 Å². The molecule has 0 saturated carbocycles. The number of alkyl halides is 3. The molecular weight excluding hydrogens is 375 g/mol. The Hall–Kier alpha value is -0.680. The van der Waals surface area contributed by atoms with Crippen LogP contribution in [-0.4, -0.2) is 58.3 Å². The number of nitrogens with one attached hydrogen (secondary N) is 2. The number of halogens is 3. The molecule has 1 unspecified atom stereocenters. The van der Waals surface area contributed by atoms with Crippen molar-refractivity contribution in [3.63, 3.8) is 0 Å². The van der Waals surface area contributed by atoms with Gasteiger partial charge in [0.2, 0.25) is 10.0 Å². The fraction of sp³-hybridized carbons (Fsp3) is 0.733. The average molecular weight is 400 g/mol. The van der Waals surface area contributed by atoms with Crippen molar-refractivity contribution in [3.05, 3.63) is 17.0 Å². The van der Waals surface area contributed by atoms with Gasteiger partial charge >= 0.3 is 6.18 Å². The standard InChI is InChI=1S/C15H24F3N3O2S2/c1-14(2,3)12-4-5-13(24-12)25(22,23)20-10-11(15(16,17)18)21-8-6-19-7-9-21/h4-5,11,19-20H,6-10H2,1-3H3. The highest BCUT2D eigenvalue weighted by Crippen LogP contribution is 2.32. The number of hydrogen-bond acceptors (Lipinski definition) is 5. The largest absolute Gasteiger partial charge is 0.405 e. The van der Waals surface area contributed by atoms with Gasteiger partial charge in [0.25, 0.3) is 0 Å². The van der Waals surface area contributed by atoms with E-state index in [1.54, 1.807) is 6.07 Å². The summed E-state index contributed by atoms with van der Waals surface area (Å²) in [7, 11) is -3.97. The minimum atomic E-state index is -4.49. The highest BCUT2D eigenvalue weighted by molar-refractivity contribution is 7.91. The minimum Gasteiger partial charge on any atom is -0.314 e. The molecule has 25 heavy (non-hydrogen) atoms. The van der Waals surface area contributed by atoms with Gasteiger partial charge in [-0.1, -0.05) is 20.8 Å². The molecule has 1 aromatic rings. The lowest BCUT2D eigenvalue weighted by Crippen LogP contribution is -2.57. The molecule has 2 N–H and O–H groups in total. The third kappa shape index (κ3) is 5.40. The van der Waals surface area contributed by atoms with E-state index < -0.39 is 28.8 Å². The normalized spacial score (nSPS) is 19.1. The van der Waals surface area contributed by atoms with E-state index in [0.29, 0.717) is 13.1 Å². The highest BCUT2D eigenvalue weighted by atomic mass is 32.2. The molecule has 10 heteroatoms. The maximum absolute atomic E-state index is 13.3. The quantitative estimate of drug-likeness (QED) is 0.797. The van der Waals surface area contributed by atoms with E-state index >= 15 is 0 Å². The summed E-state index contributed by atoms with van der Waals surface area (Å²) in [5, 5.41) is 2.99. The first-order chi connectivity index (χ1) is 11.4. The molecular formula is C15H24F3N3O2S2. The lowest BCUT2D eigenvalue weighted by atomic mass is 9.95. The number of nitrogens with zero attached hydrogens (tertiary/aromatic N) is 1. The van der Waals surface area contributed by atoms with Crippen LogP contribution in [0.2, 0.25) is 0 Å². The highest BCUT2D eigenvalue weighted by Gasteiger charge is 2.44. The van der Waals surface area contributed by atoms with Crippen molar-refractivity contribution in [2.45, 2.75) is 42.6 Å². The fourth-order valence-corrected chi connectivity index (χ4v) is 5.02. The second kappa shape index (κ2) is 7.51. The molecule has 0 aliphatic carbocycles. The predicted octanol–water partition coefficient (Wildman–Crippen LogP) is 2.16. The molecule has 1 atom stereocenters. The van der Waals surface area contributed by atoms with Gasteiger partial charge in [-0.05, 0) is 17.5 Å². The molecule has 1 saturated heterocycles. The summed E-state index contributed by atoms with van der Waals surface area (Å²) in [4.78, 5) is 2.14. The number of sulfonamides is 1. The zero-order chi connectivity index (χ0) is 18.9. The summed E-state index contributed by atoms with van der Waals surface area (Å²) in [5.41, 5.74) is -0.215. The Bertz CT molecular complexity index is 675. The molecule has 2 heterocycles. The van der Waals surface area contributed by atoms with E-state index in [-0.39, 0.29) is 22.7 Å². The molecule has 144 valence electrons. The maximum atomic E-state index is 13.3. The summed E-state index contributed by atoms with van der Waals surface area (Å²) in [6.07, 6.45) is -4.49. The average Bonchev–Trinajstić information content (AvgIpc) is 2.97. The van der Waals surface area contributed by atoms with Crippen LogP contribution < -0.4 is 10.0 Å². The Morgan fingerprint density at radius 2 is 1.84 bits per heavy atom. The van der Waals surface area contributed by atoms with Crippen LogP contribution in [0.5, 0.6) is 0 Å². The number of piperazine rings is 1. The summed E-state index contributed by atoms with van der Waals surface area (Å²) in [6.45, 7) is 6.55. The molecule has 0 amide bonds. The lowest BCUT2D eigenvalue weighted by Gasteiger charge is -2.35. The van der Waals surface area contributed by atoms with Crippen LogP contribution >= 0.6 is 11.3 Å². The van der Waals surface area contributed by atoms with E-state index in [2.05, 4.69) is 10.0 Å². The Morgan fingerprint density at radius 3 is 2.32 bits per heavy atom. The van der Waals surface area contributed by atoms with E-state index in [9.17, 15) is 21.6 Å².